The highest BCUT2D eigenvalue weighted by Crippen LogP contribution is 2.46. The van der Waals surface area contributed by atoms with Crippen molar-refractivity contribution in [3.05, 3.63) is 11.9 Å². The predicted octanol–water partition coefficient (Wildman–Crippen LogP) is 2.55. The fourth-order valence-electron chi connectivity index (χ4n) is 2.96. The summed E-state index contributed by atoms with van der Waals surface area (Å²) in [4.78, 5) is 4.78. The van der Waals surface area contributed by atoms with Gasteiger partial charge in [0.1, 0.15) is 13.5 Å². The minimum Gasteiger partial charge on any atom is -0.267 e. The first-order valence-corrected chi connectivity index (χ1v) is 9.96. The lowest BCUT2D eigenvalue weighted by Gasteiger charge is -2.15. The molecule has 2 unspecified atom stereocenters. The zero-order chi connectivity index (χ0) is 12.0. The van der Waals surface area contributed by atoms with Crippen molar-refractivity contribution in [1.82, 2.24) is 15.2 Å². The van der Waals surface area contributed by atoms with E-state index in [9.17, 15) is 0 Å². The van der Waals surface area contributed by atoms with Crippen LogP contribution in [0.3, 0.4) is 0 Å². The van der Waals surface area contributed by atoms with E-state index in [-0.39, 0.29) is 0 Å². The molecule has 1 aromatic rings. The predicted molar refractivity (Wildman–Crippen MR) is 72.8 cm³/mol. The standard InChI is InChI=1S/C13H21N3Si/c1-4-17(2,3)13-14-12(15-16-13)11-8-9-5-6-10(11)7-9/h8-10H,4-7H2,1-3H3,(H,14,15,16). The first-order valence-electron chi connectivity index (χ1n) is 6.75. The van der Waals surface area contributed by atoms with Crippen LogP contribution in [0.15, 0.2) is 6.08 Å². The highest BCUT2D eigenvalue weighted by molar-refractivity contribution is 6.88. The molecule has 0 saturated heterocycles. The number of rotatable bonds is 3. The summed E-state index contributed by atoms with van der Waals surface area (Å²) in [7, 11) is -1.36. The normalized spacial score (nSPS) is 27.6. The first-order chi connectivity index (χ1) is 8.10. The highest BCUT2D eigenvalue weighted by atomic mass is 28.3. The van der Waals surface area contributed by atoms with Crippen molar-refractivity contribution in [3.63, 3.8) is 0 Å². The van der Waals surface area contributed by atoms with Crippen LogP contribution in [-0.2, 0) is 0 Å². The molecule has 1 aromatic heterocycles. The fraction of sp³-hybridized carbons (Fsp3) is 0.692. The smallest absolute Gasteiger partial charge is 0.176 e. The third-order valence-electron chi connectivity index (χ3n) is 4.60. The Hall–Kier alpha value is -0.903. The Labute approximate surface area is 104 Å². The minimum atomic E-state index is -1.36. The number of allylic oxidation sites excluding steroid dienone is 2. The van der Waals surface area contributed by atoms with Gasteiger partial charge in [-0.05, 0) is 36.7 Å². The van der Waals surface area contributed by atoms with Crippen LogP contribution >= 0.6 is 0 Å². The third-order valence-corrected chi connectivity index (χ3v) is 7.87. The number of nitrogens with zero attached hydrogens (tertiary/aromatic N) is 2. The molecule has 0 spiro atoms. The molecule has 0 amide bonds. The molecule has 1 saturated carbocycles. The SMILES string of the molecule is CC[Si](C)(C)c1nc(C2=CC3CCC2C3)n[nH]1. The van der Waals surface area contributed by atoms with Crippen LogP contribution in [-0.4, -0.2) is 23.3 Å². The van der Waals surface area contributed by atoms with Gasteiger partial charge in [0.2, 0.25) is 0 Å². The summed E-state index contributed by atoms with van der Waals surface area (Å²) >= 11 is 0. The Balaban J connectivity index is 1.89. The topological polar surface area (TPSA) is 41.6 Å². The summed E-state index contributed by atoms with van der Waals surface area (Å²) in [6.07, 6.45) is 6.48. The van der Waals surface area contributed by atoms with Crippen molar-refractivity contribution >= 4 is 19.1 Å². The number of nitrogens with one attached hydrogen (secondary N) is 1. The van der Waals surface area contributed by atoms with E-state index in [2.05, 4.69) is 36.3 Å². The maximum absolute atomic E-state index is 4.78. The Kier molecular flexibility index (Phi) is 2.50. The molecule has 1 N–H and O–H groups in total. The summed E-state index contributed by atoms with van der Waals surface area (Å²) in [5.41, 5.74) is 2.59. The third kappa shape index (κ3) is 1.78. The van der Waals surface area contributed by atoms with E-state index >= 15 is 0 Å². The van der Waals surface area contributed by atoms with Gasteiger partial charge in [-0.2, -0.15) is 5.10 Å². The van der Waals surface area contributed by atoms with E-state index in [0.717, 1.165) is 17.7 Å². The quantitative estimate of drug-likeness (QED) is 0.834. The van der Waals surface area contributed by atoms with E-state index in [1.165, 1.54) is 36.3 Å². The number of H-pyrrole nitrogens is 1. The molecule has 2 atom stereocenters. The molecule has 4 heteroatoms. The zero-order valence-electron chi connectivity index (χ0n) is 11.0. The number of hydrogen-bond donors (Lipinski definition) is 1. The molecule has 2 bridgehead atoms. The molecular formula is C13H21N3Si. The van der Waals surface area contributed by atoms with Crippen LogP contribution in [0.25, 0.3) is 5.57 Å². The first kappa shape index (κ1) is 11.2. The van der Waals surface area contributed by atoms with Gasteiger partial charge in [-0.25, -0.2) is 4.98 Å². The van der Waals surface area contributed by atoms with Crippen LogP contribution in [0.2, 0.25) is 19.1 Å². The van der Waals surface area contributed by atoms with Crippen LogP contribution in [0, 0.1) is 11.8 Å². The molecule has 3 nitrogen and oxygen atoms in total. The Morgan fingerprint density at radius 1 is 1.41 bits per heavy atom. The second kappa shape index (κ2) is 3.80. The van der Waals surface area contributed by atoms with Crippen LogP contribution in [0.5, 0.6) is 0 Å². The Morgan fingerprint density at radius 3 is 2.82 bits per heavy atom. The average molecular weight is 247 g/mol. The van der Waals surface area contributed by atoms with E-state index in [4.69, 9.17) is 4.98 Å². The second-order valence-corrected chi connectivity index (χ2v) is 11.1. The van der Waals surface area contributed by atoms with Gasteiger partial charge in [-0.15, -0.1) is 0 Å². The van der Waals surface area contributed by atoms with Crippen molar-refractivity contribution < 1.29 is 0 Å². The summed E-state index contributed by atoms with van der Waals surface area (Å²) < 4.78 is 0. The molecule has 0 aromatic carbocycles. The van der Waals surface area contributed by atoms with E-state index in [0.29, 0.717) is 0 Å². The molecule has 92 valence electrons. The summed E-state index contributed by atoms with van der Waals surface area (Å²) in [6.45, 7) is 6.96. The number of aromatic amines is 1. The van der Waals surface area contributed by atoms with Crippen LogP contribution in [0.4, 0.5) is 0 Å². The van der Waals surface area contributed by atoms with Gasteiger partial charge in [-0.1, -0.05) is 32.1 Å². The number of fused-ring (bicyclic) bond motifs is 2. The Bertz CT molecular complexity index is 461. The minimum absolute atomic E-state index is 0.745. The van der Waals surface area contributed by atoms with Gasteiger partial charge in [0.25, 0.3) is 0 Å². The van der Waals surface area contributed by atoms with Gasteiger partial charge >= 0.3 is 0 Å². The fourth-order valence-corrected chi connectivity index (χ4v) is 4.06. The van der Waals surface area contributed by atoms with E-state index in [1.54, 1.807) is 0 Å². The van der Waals surface area contributed by atoms with Gasteiger partial charge in [0.15, 0.2) is 5.82 Å². The van der Waals surface area contributed by atoms with Gasteiger partial charge < -0.3 is 0 Å². The molecular weight excluding hydrogens is 226 g/mol. The lowest BCUT2D eigenvalue weighted by Crippen LogP contribution is -2.43. The molecule has 1 fully saturated rings. The van der Waals surface area contributed by atoms with Crippen molar-refractivity contribution in [2.45, 2.75) is 45.3 Å². The van der Waals surface area contributed by atoms with Crippen molar-refractivity contribution in [1.29, 1.82) is 0 Å². The lowest BCUT2D eigenvalue weighted by molar-refractivity contribution is 0.694. The monoisotopic (exact) mass is 247 g/mol. The maximum atomic E-state index is 4.78. The van der Waals surface area contributed by atoms with Crippen LogP contribution in [0.1, 0.15) is 32.0 Å². The summed E-state index contributed by atoms with van der Waals surface area (Å²) in [5.74, 6) is 2.55. The van der Waals surface area contributed by atoms with E-state index < -0.39 is 8.07 Å². The maximum Gasteiger partial charge on any atom is 0.176 e. The second-order valence-electron chi connectivity index (χ2n) is 6.14. The Morgan fingerprint density at radius 2 is 2.24 bits per heavy atom. The molecule has 2 aliphatic rings. The summed E-state index contributed by atoms with van der Waals surface area (Å²) in [5, 5.41) is 7.65. The highest BCUT2D eigenvalue weighted by Gasteiger charge is 2.35. The van der Waals surface area contributed by atoms with Crippen molar-refractivity contribution in [3.8, 4) is 0 Å². The summed E-state index contributed by atoms with van der Waals surface area (Å²) in [6, 6.07) is 1.22. The molecule has 0 aliphatic heterocycles. The van der Waals surface area contributed by atoms with Gasteiger partial charge in [0, 0.05) is 0 Å². The largest absolute Gasteiger partial charge is 0.267 e. The molecule has 17 heavy (non-hydrogen) atoms. The van der Waals surface area contributed by atoms with Crippen molar-refractivity contribution in [2.24, 2.45) is 11.8 Å². The van der Waals surface area contributed by atoms with Gasteiger partial charge in [-0.3, -0.25) is 5.10 Å². The lowest BCUT2D eigenvalue weighted by atomic mass is 9.98. The van der Waals surface area contributed by atoms with E-state index in [1.807, 2.05) is 0 Å². The van der Waals surface area contributed by atoms with Gasteiger partial charge in [0.05, 0.1) is 0 Å². The average Bonchev–Trinajstić information content (AvgIpc) is 3.03. The number of aromatic nitrogens is 3. The molecule has 2 aliphatic carbocycles. The molecule has 1 heterocycles. The van der Waals surface area contributed by atoms with Crippen LogP contribution < -0.4 is 5.45 Å². The molecule has 3 rings (SSSR count). The molecule has 0 radical (unpaired) electrons. The zero-order valence-corrected chi connectivity index (χ0v) is 12.0. The number of hydrogen-bond acceptors (Lipinski definition) is 2. The van der Waals surface area contributed by atoms with Crippen molar-refractivity contribution in [2.75, 3.05) is 0 Å².